The maximum atomic E-state index is 13.2. The number of aliphatic hydroxyl groups is 1. The summed E-state index contributed by atoms with van der Waals surface area (Å²) in [6.07, 6.45) is 1.60. The zero-order valence-corrected chi connectivity index (χ0v) is 19.9. The number of oxazole rings is 2. The van der Waals surface area contributed by atoms with Gasteiger partial charge >= 0.3 is 0 Å². The Hall–Kier alpha value is -3.89. The molecule has 2 fully saturated rings. The van der Waals surface area contributed by atoms with Crippen LogP contribution in [0.5, 0.6) is 0 Å². The highest BCUT2D eigenvalue weighted by molar-refractivity contribution is 6.06. The fourth-order valence-corrected chi connectivity index (χ4v) is 4.64. The Labute approximate surface area is 207 Å². The molecule has 36 heavy (non-hydrogen) atoms. The van der Waals surface area contributed by atoms with Crippen molar-refractivity contribution in [1.29, 1.82) is 0 Å². The summed E-state index contributed by atoms with van der Waals surface area (Å²) in [7, 11) is 0. The molecule has 0 radical (unpaired) electrons. The van der Waals surface area contributed by atoms with E-state index < -0.39 is 12.0 Å². The summed E-state index contributed by atoms with van der Waals surface area (Å²) in [5.74, 6) is -0.0153. The van der Waals surface area contributed by atoms with Crippen LogP contribution in [-0.4, -0.2) is 66.5 Å². The number of nitrogens with one attached hydrogen (secondary N) is 1. The lowest BCUT2D eigenvalue weighted by Crippen LogP contribution is -2.36. The Morgan fingerprint density at radius 2 is 1.97 bits per heavy atom. The van der Waals surface area contributed by atoms with E-state index in [9.17, 15) is 9.90 Å². The third-order valence-corrected chi connectivity index (χ3v) is 6.53. The number of hydrogen-bond donors (Lipinski definition) is 2. The number of fused-ring (bicyclic) bond motifs is 1. The van der Waals surface area contributed by atoms with Crippen LogP contribution in [0.15, 0.2) is 51.5 Å². The van der Waals surface area contributed by atoms with E-state index in [1.54, 1.807) is 6.07 Å². The van der Waals surface area contributed by atoms with Gasteiger partial charge in [-0.15, -0.1) is 0 Å². The van der Waals surface area contributed by atoms with Gasteiger partial charge < -0.3 is 33.8 Å². The van der Waals surface area contributed by atoms with Crippen molar-refractivity contribution in [3.8, 4) is 11.5 Å². The van der Waals surface area contributed by atoms with Crippen LogP contribution in [0.2, 0.25) is 0 Å². The molecule has 10 heteroatoms. The number of anilines is 3. The highest BCUT2D eigenvalue weighted by Crippen LogP contribution is 2.35. The third-order valence-electron chi connectivity index (χ3n) is 6.53. The van der Waals surface area contributed by atoms with E-state index in [0.29, 0.717) is 74.5 Å². The summed E-state index contributed by atoms with van der Waals surface area (Å²) < 4.78 is 17.1. The molecular weight excluding hydrogens is 462 g/mol. The number of amides is 1. The van der Waals surface area contributed by atoms with Crippen LogP contribution in [0, 0.1) is 6.92 Å². The second kappa shape index (κ2) is 9.29. The van der Waals surface area contributed by atoms with E-state index in [2.05, 4.69) is 15.3 Å². The van der Waals surface area contributed by atoms with Gasteiger partial charge in [0.25, 0.3) is 11.9 Å². The smallest absolute Gasteiger partial charge is 0.298 e. The quantitative estimate of drug-likeness (QED) is 0.435. The van der Waals surface area contributed by atoms with Crippen molar-refractivity contribution < 1.29 is 23.5 Å². The Morgan fingerprint density at radius 3 is 2.75 bits per heavy atom. The molecule has 1 unspecified atom stereocenters. The number of ether oxygens (including phenoxy) is 1. The Kier molecular flexibility index (Phi) is 5.82. The normalized spacial score (nSPS) is 18.2. The number of carbonyl (C=O) groups excluding carboxylic acids is 1. The molecule has 1 amide bonds. The molecule has 2 aliphatic heterocycles. The molecule has 1 atom stereocenters. The van der Waals surface area contributed by atoms with Crippen LogP contribution >= 0.6 is 0 Å². The van der Waals surface area contributed by atoms with E-state index in [0.717, 1.165) is 16.8 Å². The molecule has 2 N–H and O–H groups in total. The first-order valence-corrected chi connectivity index (χ1v) is 12.1. The maximum absolute atomic E-state index is 13.2. The predicted octanol–water partition coefficient (Wildman–Crippen LogP) is 3.45. The molecule has 2 aromatic carbocycles. The molecule has 6 rings (SSSR count). The molecule has 0 saturated carbocycles. The van der Waals surface area contributed by atoms with Crippen molar-refractivity contribution >= 4 is 34.4 Å². The van der Waals surface area contributed by atoms with E-state index in [1.165, 1.54) is 6.26 Å². The van der Waals surface area contributed by atoms with Crippen molar-refractivity contribution in [2.45, 2.75) is 19.4 Å². The van der Waals surface area contributed by atoms with E-state index >= 15 is 0 Å². The molecule has 2 aliphatic rings. The summed E-state index contributed by atoms with van der Waals surface area (Å²) in [5, 5.41) is 13.1. The zero-order chi connectivity index (χ0) is 24.6. The lowest BCUT2D eigenvalue weighted by atomic mass is 10.1. The molecule has 0 spiro atoms. The number of aryl methyl sites for hydroxylation is 1. The van der Waals surface area contributed by atoms with Crippen LogP contribution in [0.4, 0.5) is 17.4 Å². The lowest BCUT2D eigenvalue weighted by molar-refractivity contribution is 0.102. The fraction of sp³-hybridized carbons (Fsp3) is 0.346. The second-order valence-corrected chi connectivity index (χ2v) is 9.18. The summed E-state index contributed by atoms with van der Waals surface area (Å²) >= 11 is 0. The molecule has 0 bridgehead atoms. The SMILES string of the molecule is Cc1cccc(-c2nc(C(=O)Nc3cc4oc(N5CCOCC5)nc4cc3N3CCC(O)C3)co2)c1. The number of benzene rings is 2. The monoisotopic (exact) mass is 489 g/mol. The number of rotatable bonds is 5. The van der Waals surface area contributed by atoms with Crippen molar-refractivity contribution in [3.63, 3.8) is 0 Å². The minimum atomic E-state index is -0.419. The number of aromatic nitrogens is 2. The number of hydrogen-bond acceptors (Lipinski definition) is 9. The van der Waals surface area contributed by atoms with Crippen molar-refractivity contribution in [3.05, 3.63) is 53.9 Å². The number of carbonyl (C=O) groups is 1. The number of β-amino-alcohol motifs (C(OH)–C–C–N with tert-alkyl or cyclic N) is 1. The Bertz CT molecular complexity index is 1410. The summed E-state index contributed by atoms with van der Waals surface area (Å²) in [6, 6.07) is 12.0. The van der Waals surface area contributed by atoms with Crippen LogP contribution in [0.25, 0.3) is 22.6 Å². The van der Waals surface area contributed by atoms with Gasteiger partial charge in [0.05, 0.1) is 30.7 Å². The largest absolute Gasteiger partial charge is 0.444 e. The number of nitrogens with zero attached hydrogens (tertiary/aromatic N) is 4. The highest BCUT2D eigenvalue weighted by Gasteiger charge is 2.26. The number of aliphatic hydroxyl groups excluding tert-OH is 1. The van der Waals surface area contributed by atoms with E-state index in [-0.39, 0.29) is 5.69 Å². The van der Waals surface area contributed by atoms with Gasteiger partial charge in [0.1, 0.15) is 11.8 Å². The van der Waals surface area contributed by atoms with Crippen LogP contribution in [0.1, 0.15) is 22.5 Å². The molecule has 186 valence electrons. The Balaban J connectivity index is 1.31. The molecule has 10 nitrogen and oxygen atoms in total. The molecule has 2 aromatic heterocycles. The van der Waals surface area contributed by atoms with Gasteiger partial charge in [0.15, 0.2) is 11.3 Å². The minimum absolute atomic E-state index is 0.172. The topological polar surface area (TPSA) is 117 Å². The maximum Gasteiger partial charge on any atom is 0.298 e. The summed E-state index contributed by atoms with van der Waals surface area (Å²) in [6.45, 7) is 5.79. The highest BCUT2D eigenvalue weighted by atomic mass is 16.5. The predicted molar refractivity (Wildman–Crippen MR) is 135 cm³/mol. The van der Waals surface area contributed by atoms with Crippen molar-refractivity contribution in [2.75, 3.05) is 54.5 Å². The molecule has 4 aromatic rings. The minimum Gasteiger partial charge on any atom is -0.444 e. The van der Waals surface area contributed by atoms with Crippen molar-refractivity contribution in [2.24, 2.45) is 0 Å². The fourth-order valence-electron chi connectivity index (χ4n) is 4.64. The van der Waals surface area contributed by atoms with Gasteiger partial charge in [-0.05, 0) is 31.5 Å². The van der Waals surface area contributed by atoms with Gasteiger partial charge in [-0.1, -0.05) is 17.7 Å². The van der Waals surface area contributed by atoms with Gasteiger partial charge in [0, 0.05) is 37.8 Å². The van der Waals surface area contributed by atoms with Gasteiger partial charge in [-0.3, -0.25) is 4.79 Å². The second-order valence-electron chi connectivity index (χ2n) is 9.18. The first-order valence-electron chi connectivity index (χ1n) is 12.1. The summed E-state index contributed by atoms with van der Waals surface area (Å²) in [4.78, 5) is 26.3. The number of morpholine rings is 1. The Morgan fingerprint density at radius 1 is 1.11 bits per heavy atom. The summed E-state index contributed by atoms with van der Waals surface area (Å²) in [5.41, 5.74) is 4.64. The first kappa shape index (κ1) is 22.6. The van der Waals surface area contributed by atoms with Gasteiger partial charge in [0.2, 0.25) is 5.89 Å². The first-order chi connectivity index (χ1) is 17.5. The van der Waals surface area contributed by atoms with Crippen LogP contribution in [-0.2, 0) is 4.74 Å². The molecule has 4 heterocycles. The van der Waals surface area contributed by atoms with E-state index in [1.807, 2.05) is 47.1 Å². The van der Waals surface area contributed by atoms with E-state index in [4.69, 9.17) is 13.6 Å². The van der Waals surface area contributed by atoms with Gasteiger partial charge in [-0.2, -0.15) is 4.98 Å². The zero-order valence-electron chi connectivity index (χ0n) is 19.9. The standard InChI is InChI=1S/C26H27N5O5/c1-16-3-2-4-17(11-16)25-28-21(15-35-25)24(33)27-19-13-23-20(12-22(19)31-6-5-18(32)14-31)29-26(36-23)30-7-9-34-10-8-30/h2-4,11-13,15,18,32H,5-10,14H2,1H3,(H,27,33). The molecule has 0 aliphatic carbocycles. The van der Waals surface area contributed by atoms with Gasteiger partial charge in [-0.25, -0.2) is 4.98 Å². The lowest BCUT2D eigenvalue weighted by Gasteiger charge is -2.24. The van der Waals surface area contributed by atoms with Crippen LogP contribution in [0.3, 0.4) is 0 Å². The van der Waals surface area contributed by atoms with Crippen LogP contribution < -0.4 is 15.1 Å². The van der Waals surface area contributed by atoms with Crippen molar-refractivity contribution in [1.82, 2.24) is 9.97 Å². The average Bonchev–Trinajstić information content (AvgIpc) is 3.63. The molecule has 2 saturated heterocycles. The average molecular weight is 490 g/mol. The third kappa shape index (κ3) is 4.40. The molecular formula is C26H27N5O5.